The van der Waals surface area contributed by atoms with E-state index in [1.807, 2.05) is 6.92 Å². The molecule has 0 saturated carbocycles. The largest absolute Gasteiger partial charge is 0.461 e. The molecule has 2 rings (SSSR count). The lowest BCUT2D eigenvalue weighted by molar-refractivity contribution is 0.0515. The molecular formula is C13H16N4O3. The number of pyridine rings is 1. The Labute approximate surface area is 115 Å². The Bertz CT molecular complexity index is 736. The van der Waals surface area contributed by atoms with Gasteiger partial charge in [0, 0.05) is 6.54 Å². The summed E-state index contributed by atoms with van der Waals surface area (Å²) in [4.78, 5) is 28.4. The number of anilines is 1. The second-order valence-electron chi connectivity index (χ2n) is 4.25. The van der Waals surface area contributed by atoms with Crippen LogP contribution in [-0.2, 0) is 11.3 Å². The molecule has 0 amide bonds. The first-order chi connectivity index (χ1) is 9.49. The van der Waals surface area contributed by atoms with Gasteiger partial charge in [0.15, 0.2) is 5.65 Å². The molecule has 0 spiro atoms. The van der Waals surface area contributed by atoms with Crippen LogP contribution in [0.25, 0.3) is 11.0 Å². The maximum atomic E-state index is 12.3. The Morgan fingerprint density at radius 3 is 2.75 bits per heavy atom. The second-order valence-corrected chi connectivity index (χ2v) is 4.25. The minimum absolute atomic E-state index is 0.179. The van der Waals surface area contributed by atoms with Gasteiger partial charge in [0.2, 0.25) is 11.1 Å². The number of carbonyl (C=O) groups is 1. The Morgan fingerprint density at radius 2 is 2.15 bits per heavy atom. The molecule has 0 atom stereocenters. The molecule has 7 heteroatoms. The number of esters is 1. The van der Waals surface area contributed by atoms with Crippen LogP contribution >= 0.6 is 0 Å². The van der Waals surface area contributed by atoms with Crippen LogP contribution in [0.5, 0.6) is 0 Å². The molecule has 0 bridgehead atoms. The normalized spacial score (nSPS) is 10.8. The van der Waals surface area contributed by atoms with Gasteiger partial charge >= 0.3 is 5.97 Å². The van der Waals surface area contributed by atoms with Crippen molar-refractivity contribution in [3.8, 4) is 0 Å². The molecule has 2 aromatic heterocycles. The zero-order valence-corrected chi connectivity index (χ0v) is 11.6. The van der Waals surface area contributed by atoms with Gasteiger partial charge in [0.05, 0.1) is 23.4 Å². The topological polar surface area (TPSA) is 100 Å². The van der Waals surface area contributed by atoms with Gasteiger partial charge in [-0.05, 0) is 26.8 Å². The van der Waals surface area contributed by atoms with Gasteiger partial charge < -0.3 is 10.5 Å². The molecule has 0 aliphatic heterocycles. The van der Waals surface area contributed by atoms with Gasteiger partial charge in [-0.25, -0.2) is 14.5 Å². The van der Waals surface area contributed by atoms with Crippen molar-refractivity contribution in [1.29, 1.82) is 0 Å². The van der Waals surface area contributed by atoms with Crippen molar-refractivity contribution in [1.82, 2.24) is 14.8 Å². The predicted molar refractivity (Wildman–Crippen MR) is 74.6 cm³/mol. The molecule has 106 valence electrons. The SMILES string of the molecule is CCOC(=O)c1nn(CC)c2nc(C)c(N)cc2c1=O. The summed E-state index contributed by atoms with van der Waals surface area (Å²) < 4.78 is 6.34. The quantitative estimate of drug-likeness (QED) is 0.835. The smallest absolute Gasteiger partial charge is 0.362 e. The molecule has 0 unspecified atom stereocenters. The molecule has 2 heterocycles. The van der Waals surface area contributed by atoms with Crippen molar-refractivity contribution >= 4 is 22.7 Å². The third-order valence-corrected chi connectivity index (χ3v) is 2.93. The summed E-state index contributed by atoms with van der Waals surface area (Å²) in [7, 11) is 0. The lowest BCUT2D eigenvalue weighted by Gasteiger charge is -2.10. The van der Waals surface area contributed by atoms with Gasteiger partial charge in [-0.1, -0.05) is 0 Å². The number of hydrogen-bond acceptors (Lipinski definition) is 6. The van der Waals surface area contributed by atoms with Crippen molar-refractivity contribution in [2.75, 3.05) is 12.3 Å². The highest BCUT2D eigenvalue weighted by Crippen LogP contribution is 2.15. The second kappa shape index (κ2) is 5.28. The Kier molecular flexibility index (Phi) is 3.69. The minimum atomic E-state index is -0.735. The zero-order chi connectivity index (χ0) is 14.9. The number of fused-ring (bicyclic) bond motifs is 1. The van der Waals surface area contributed by atoms with Crippen LogP contribution in [0.15, 0.2) is 10.9 Å². The number of nitrogen functional groups attached to an aromatic ring is 1. The average Bonchev–Trinajstić information content (AvgIpc) is 2.42. The summed E-state index contributed by atoms with van der Waals surface area (Å²) in [6.45, 7) is 5.91. The van der Waals surface area contributed by atoms with Crippen molar-refractivity contribution < 1.29 is 9.53 Å². The summed E-state index contributed by atoms with van der Waals surface area (Å²) in [6, 6.07) is 1.52. The fourth-order valence-electron chi connectivity index (χ4n) is 1.87. The molecule has 0 fully saturated rings. The van der Waals surface area contributed by atoms with Crippen LogP contribution in [0, 0.1) is 6.92 Å². The highest BCUT2D eigenvalue weighted by atomic mass is 16.5. The minimum Gasteiger partial charge on any atom is -0.461 e. The first kappa shape index (κ1) is 14.0. The molecule has 0 radical (unpaired) electrons. The molecular weight excluding hydrogens is 260 g/mol. The van der Waals surface area contributed by atoms with Crippen LogP contribution in [-0.4, -0.2) is 27.3 Å². The summed E-state index contributed by atoms with van der Waals surface area (Å²) in [6.07, 6.45) is 0. The van der Waals surface area contributed by atoms with Crippen LogP contribution < -0.4 is 11.2 Å². The number of aryl methyl sites for hydroxylation is 2. The highest BCUT2D eigenvalue weighted by molar-refractivity contribution is 5.91. The van der Waals surface area contributed by atoms with E-state index in [1.165, 1.54) is 10.7 Å². The number of hydrogen-bond donors (Lipinski definition) is 1. The zero-order valence-electron chi connectivity index (χ0n) is 11.6. The molecule has 7 nitrogen and oxygen atoms in total. The lowest BCUT2D eigenvalue weighted by Crippen LogP contribution is -2.25. The van der Waals surface area contributed by atoms with E-state index < -0.39 is 11.4 Å². The standard InChI is InChI=1S/C13H16N4O3/c1-4-17-12-8(6-9(14)7(3)15-12)11(18)10(16-17)13(19)20-5-2/h6H,4-5,14H2,1-3H3. The molecule has 0 saturated heterocycles. The van der Waals surface area contributed by atoms with E-state index >= 15 is 0 Å². The highest BCUT2D eigenvalue weighted by Gasteiger charge is 2.19. The number of nitrogens with two attached hydrogens (primary N) is 1. The third-order valence-electron chi connectivity index (χ3n) is 2.93. The maximum absolute atomic E-state index is 12.3. The number of carbonyl (C=O) groups excluding carboxylic acids is 1. The van der Waals surface area contributed by atoms with E-state index in [1.54, 1.807) is 13.8 Å². The molecule has 20 heavy (non-hydrogen) atoms. The lowest BCUT2D eigenvalue weighted by atomic mass is 10.2. The molecule has 0 aliphatic carbocycles. The Hall–Kier alpha value is -2.44. The van der Waals surface area contributed by atoms with E-state index in [0.29, 0.717) is 23.6 Å². The summed E-state index contributed by atoms with van der Waals surface area (Å²) in [5, 5.41) is 4.31. The third kappa shape index (κ3) is 2.22. The van der Waals surface area contributed by atoms with Gasteiger partial charge in [0.1, 0.15) is 0 Å². The predicted octanol–water partition coefficient (Wildman–Crippen LogP) is 0.879. The Morgan fingerprint density at radius 1 is 1.45 bits per heavy atom. The fraction of sp³-hybridized carbons (Fsp3) is 0.385. The van der Waals surface area contributed by atoms with Crippen molar-refractivity contribution in [2.24, 2.45) is 0 Å². The van der Waals surface area contributed by atoms with E-state index in [2.05, 4.69) is 10.1 Å². The van der Waals surface area contributed by atoms with Crippen molar-refractivity contribution in [3.63, 3.8) is 0 Å². The van der Waals surface area contributed by atoms with Crippen LogP contribution in [0.4, 0.5) is 5.69 Å². The maximum Gasteiger partial charge on any atom is 0.362 e. The molecule has 2 N–H and O–H groups in total. The first-order valence-electron chi connectivity index (χ1n) is 6.34. The van der Waals surface area contributed by atoms with E-state index in [-0.39, 0.29) is 17.7 Å². The molecule has 0 aromatic carbocycles. The van der Waals surface area contributed by atoms with Gasteiger partial charge in [-0.3, -0.25) is 4.79 Å². The van der Waals surface area contributed by atoms with E-state index in [4.69, 9.17) is 10.5 Å². The fourth-order valence-corrected chi connectivity index (χ4v) is 1.87. The van der Waals surface area contributed by atoms with Crippen molar-refractivity contribution in [3.05, 3.63) is 27.7 Å². The van der Waals surface area contributed by atoms with Crippen LogP contribution in [0.2, 0.25) is 0 Å². The van der Waals surface area contributed by atoms with E-state index in [9.17, 15) is 9.59 Å². The average molecular weight is 276 g/mol. The summed E-state index contributed by atoms with van der Waals surface area (Å²) in [5.41, 5.74) is 6.46. The summed E-state index contributed by atoms with van der Waals surface area (Å²) in [5.74, 6) is -0.735. The molecule has 0 aliphatic rings. The van der Waals surface area contributed by atoms with Crippen LogP contribution in [0.1, 0.15) is 30.0 Å². The molecule has 2 aromatic rings. The number of nitrogens with zero attached hydrogens (tertiary/aromatic N) is 3. The van der Waals surface area contributed by atoms with Crippen molar-refractivity contribution in [2.45, 2.75) is 27.3 Å². The number of rotatable bonds is 3. The van der Waals surface area contributed by atoms with E-state index in [0.717, 1.165) is 0 Å². The van der Waals surface area contributed by atoms with Gasteiger partial charge in [0.25, 0.3) is 0 Å². The monoisotopic (exact) mass is 276 g/mol. The number of ether oxygens (including phenoxy) is 1. The van der Waals surface area contributed by atoms with Gasteiger partial charge in [-0.15, -0.1) is 0 Å². The van der Waals surface area contributed by atoms with Crippen LogP contribution in [0.3, 0.4) is 0 Å². The number of aromatic nitrogens is 3. The Balaban J connectivity index is 2.81. The first-order valence-corrected chi connectivity index (χ1v) is 6.34. The van der Waals surface area contributed by atoms with Gasteiger partial charge in [-0.2, -0.15) is 5.10 Å². The summed E-state index contributed by atoms with van der Waals surface area (Å²) >= 11 is 0.